The Morgan fingerprint density at radius 3 is 2.88 bits per heavy atom. The van der Waals surface area contributed by atoms with Gasteiger partial charge in [0.2, 0.25) is 0 Å². The second-order valence-corrected chi connectivity index (χ2v) is 4.63. The highest BCUT2D eigenvalue weighted by Crippen LogP contribution is 2.16. The lowest BCUT2D eigenvalue weighted by Gasteiger charge is -2.18. The number of rotatable bonds is 5. The Kier molecular flexibility index (Phi) is 6.17. The highest BCUT2D eigenvalue weighted by molar-refractivity contribution is 7.10. The van der Waals surface area contributed by atoms with E-state index in [0.29, 0.717) is 0 Å². The maximum absolute atomic E-state index is 8.61. The predicted molar refractivity (Wildman–Crippen MR) is 69.5 cm³/mol. The van der Waals surface area contributed by atoms with Gasteiger partial charge in [0.05, 0.1) is 0 Å². The van der Waals surface area contributed by atoms with Crippen LogP contribution in [-0.4, -0.2) is 29.7 Å². The third kappa shape index (κ3) is 4.36. The Bertz CT molecular complexity index is 361. The lowest BCUT2D eigenvalue weighted by atomic mass is 10.3. The van der Waals surface area contributed by atoms with Crippen LogP contribution in [0.3, 0.4) is 0 Å². The highest BCUT2D eigenvalue weighted by Gasteiger charge is 2.04. The molecule has 0 bridgehead atoms. The summed E-state index contributed by atoms with van der Waals surface area (Å²) in [5, 5.41) is 10.7. The van der Waals surface area contributed by atoms with Gasteiger partial charge in [-0.3, -0.25) is 4.90 Å². The summed E-state index contributed by atoms with van der Waals surface area (Å²) in [6.07, 6.45) is 1.19. The van der Waals surface area contributed by atoms with E-state index in [-0.39, 0.29) is 6.61 Å². The van der Waals surface area contributed by atoms with E-state index < -0.39 is 0 Å². The molecule has 3 heteroatoms. The molecule has 0 amide bonds. The van der Waals surface area contributed by atoms with Crippen LogP contribution in [0, 0.1) is 11.8 Å². The minimum absolute atomic E-state index is 0.0674. The molecule has 0 fully saturated rings. The molecule has 0 aliphatic heterocycles. The first-order chi connectivity index (χ1) is 7.80. The summed E-state index contributed by atoms with van der Waals surface area (Å²) in [5.74, 6) is 5.60. The van der Waals surface area contributed by atoms with Gasteiger partial charge < -0.3 is 5.11 Å². The van der Waals surface area contributed by atoms with Crippen LogP contribution in [-0.2, 0) is 6.54 Å². The molecule has 0 saturated heterocycles. The largest absolute Gasteiger partial charge is 0.384 e. The molecule has 1 aromatic rings. The lowest BCUT2D eigenvalue weighted by Crippen LogP contribution is -2.22. The van der Waals surface area contributed by atoms with Gasteiger partial charge in [0.25, 0.3) is 0 Å². The fourth-order valence-corrected chi connectivity index (χ4v) is 2.41. The second-order valence-electron chi connectivity index (χ2n) is 3.63. The molecule has 0 aliphatic rings. The summed E-state index contributed by atoms with van der Waals surface area (Å²) < 4.78 is 0. The van der Waals surface area contributed by atoms with E-state index in [1.807, 2.05) is 0 Å². The minimum Gasteiger partial charge on any atom is -0.384 e. The molecular weight excluding hydrogens is 218 g/mol. The fourth-order valence-electron chi connectivity index (χ4n) is 1.56. The molecule has 1 heterocycles. The SMILES string of the molecule is CCCN(CC)Cc1cc(C#CCO)cs1. The van der Waals surface area contributed by atoms with E-state index in [1.165, 1.54) is 11.3 Å². The number of aliphatic hydroxyl groups excluding tert-OH is 1. The van der Waals surface area contributed by atoms with Crippen LogP contribution in [0.2, 0.25) is 0 Å². The molecule has 16 heavy (non-hydrogen) atoms. The van der Waals surface area contributed by atoms with Crippen LogP contribution in [0.5, 0.6) is 0 Å². The molecule has 0 spiro atoms. The van der Waals surface area contributed by atoms with Crippen molar-refractivity contribution >= 4 is 11.3 Å². The van der Waals surface area contributed by atoms with Gasteiger partial charge in [0.1, 0.15) is 6.61 Å². The van der Waals surface area contributed by atoms with Crippen molar-refractivity contribution in [3.05, 3.63) is 21.9 Å². The molecule has 0 atom stereocenters. The zero-order chi connectivity index (χ0) is 11.8. The van der Waals surface area contributed by atoms with Gasteiger partial charge in [-0.1, -0.05) is 25.7 Å². The number of aliphatic hydroxyl groups is 1. The normalized spacial score (nSPS) is 10.2. The average Bonchev–Trinajstić information content (AvgIpc) is 2.73. The number of nitrogens with zero attached hydrogens (tertiary/aromatic N) is 1. The smallest absolute Gasteiger partial charge is 0.104 e. The average molecular weight is 237 g/mol. The van der Waals surface area contributed by atoms with E-state index in [0.717, 1.165) is 25.2 Å². The Morgan fingerprint density at radius 1 is 1.44 bits per heavy atom. The van der Waals surface area contributed by atoms with Crippen LogP contribution in [0.25, 0.3) is 0 Å². The first kappa shape index (κ1) is 13.2. The Balaban J connectivity index is 2.56. The third-order valence-corrected chi connectivity index (χ3v) is 3.25. The minimum atomic E-state index is -0.0674. The molecule has 2 nitrogen and oxygen atoms in total. The van der Waals surface area contributed by atoms with Crippen LogP contribution in [0.1, 0.15) is 30.7 Å². The molecule has 0 radical (unpaired) electrons. The van der Waals surface area contributed by atoms with Crippen molar-refractivity contribution in [2.45, 2.75) is 26.8 Å². The molecule has 0 aliphatic carbocycles. The second kappa shape index (κ2) is 7.45. The van der Waals surface area contributed by atoms with Gasteiger partial charge in [-0.05, 0) is 25.6 Å². The first-order valence-electron chi connectivity index (χ1n) is 5.69. The summed E-state index contributed by atoms with van der Waals surface area (Å²) in [5.41, 5.74) is 1.02. The zero-order valence-electron chi connectivity index (χ0n) is 9.99. The van der Waals surface area contributed by atoms with E-state index >= 15 is 0 Å². The van der Waals surface area contributed by atoms with Crippen molar-refractivity contribution in [2.24, 2.45) is 0 Å². The van der Waals surface area contributed by atoms with E-state index in [1.54, 1.807) is 11.3 Å². The molecule has 0 aromatic carbocycles. The van der Waals surface area contributed by atoms with E-state index in [9.17, 15) is 0 Å². The van der Waals surface area contributed by atoms with Gasteiger partial charge in [-0.25, -0.2) is 0 Å². The van der Waals surface area contributed by atoms with Crippen molar-refractivity contribution < 1.29 is 5.11 Å². The molecule has 1 aromatic heterocycles. The maximum atomic E-state index is 8.61. The molecule has 0 unspecified atom stereocenters. The van der Waals surface area contributed by atoms with Gasteiger partial charge in [0, 0.05) is 22.4 Å². The van der Waals surface area contributed by atoms with Crippen LogP contribution in [0.15, 0.2) is 11.4 Å². The molecule has 1 N–H and O–H groups in total. The van der Waals surface area contributed by atoms with Crippen LogP contribution >= 0.6 is 11.3 Å². The van der Waals surface area contributed by atoms with E-state index in [2.05, 4.69) is 42.0 Å². The van der Waals surface area contributed by atoms with Crippen molar-refractivity contribution in [1.82, 2.24) is 4.90 Å². The summed E-state index contributed by atoms with van der Waals surface area (Å²) in [6.45, 7) is 7.57. The van der Waals surface area contributed by atoms with Gasteiger partial charge in [0.15, 0.2) is 0 Å². The van der Waals surface area contributed by atoms with Crippen molar-refractivity contribution in [3.8, 4) is 11.8 Å². The van der Waals surface area contributed by atoms with Crippen LogP contribution < -0.4 is 0 Å². The lowest BCUT2D eigenvalue weighted by molar-refractivity contribution is 0.283. The van der Waals surface area contributed by atoms with Gasteiger partial charge >= 0.3 is 0 Å². The van der Waals surface area contributed by atoms with Gasteiger partial charge in [-0.2, -0.15) is 0 Å². The summed E-state index contributed by atoms with van der Waals surface area (Å²) in [7, 11) is 0. The molecule has 0 saturated carbocycles. The zero-order valence-corrected chi connectivity index (χ0v) is 10.8. The van der Waals surface area contributed by atoms with Crippen molar-refractivity contribution in [1.29, 1.82) is 0 Å². The summed E-state index contributed by atoms with van der Waals surface area (Å²) >= 11 is 1.74. The number of hydrogen-bond acceptors (Lipinski definition) is 3. The van der Waals surface area contributed by atoms with Crippen molar-refractivity contribution in [2.75, 3.05) is 19.7 Å². The summed E-state index contributed by atoms with van der Waals surface area (Å²) in [4.78, 5) is 3.77. The van der Waals surface area contributed by atoms with Crippen LogP contribution in [0.4, 0.5) is 0 Å². The topological polar surface area (TPSA) is 23.5 Å². The number of thiophene rings is 1. The maximum Gasteiger partial charge on any atom is 0.104 e. The Hall–Kier alpha value is -0.820. The summed E-state index contributed by atoms with van der Waals surface area (Å²) in [6, 6.07) is 2.12. The quantitative estimate of drug-likeness (QED) is 0.795. The predicted octanol–water partition coefficient (Wildman–Crippen LogP) is 2.32. The fraction of sp³-hybridized carbons (Fsp3) is 0.538. The Morgan fingerprint density at radius 2 is 2.25 bits per heavy atom. The molecular formula is C13H19NOS. The number of hydrogen-bond donors (Lipinski definition) is 1. The first-order valence-corrected chi connectivity index (χ1v) is 6.57. The third-order valence-electron chi connectivity index (χ3n) is 2.33. The van der Waals surface area contributed by atoms with E-state index in [4.69, 9.17) is 5.11 Å². The Labute approximate surface area is 102 Å². The molecule has 88 valence electrons. The monoisotopic (exact) mass is 237 g/mol. The van der Waals surface area contributed by atoms with Crippen molar-refractivity contribution in [3.63, 3.8) is 0 Å². The highest BCUT2D eigenvalue weighted by atomic mass is 32.1. The molecule has 1 rings (SSSR count). The standard InChI is InChI=1S/C13H19NOS/c1-3-7-14(4-2)10-13-9-12(11-16-13)6-5-8-15/h9,11,15H,3-4,7-8,10H2,1-2H3. The van der Waals surface area contributed by atoms with Gasteiger partial charge in [-0.15, -0.1) is 11.3 Å².